The molecule has 0 aliphatic rings. The SMILES string of the molecule is CCCCNc1nc(NCC)ncc1F. The third kappa shape index (κ3) is 3.69. The van der Waals surface area contributed by atoms with Crippen LogP contribution in [0.4, 0.5) is 16.2 Å². The smallest absolute Gasteiger partial charge is 0.224 e. The van der Waals surface area contributed by atoms with Crippen molar-refractivity contribution >= 4 is 11.8 Å². The highest BCUT2D eigenvalue weighted by Crippen LogP contribution is 2.11. The number of hydrogen-bond acceptors (Lipinski definition) is 4. The average Bonchev–Trinajstić information content (AvgIpc) is 2.23. The van der Waals surface area contributed by atoms with Crippen LogP contribution in [0.15, 0.2) is 6.20 Å². The molecule has 0 saturated heterocycles. The number of nitrogens with zero attached hydrogens (tertiary/aromatic N) is 2. The van der Waals surface area contributed by atoms with Gasteiger partial charge in [-0.1, -0.05) is 13.3 Å². The first-order chi connectivity index (χ1) is 7.27. The number of aromatic nitrogens is 2. The first-order valence-corrected chi connectivity index (χ1v) is 5.28. The predicted octanol–water partition coefficient (Wildman–Crippen LogP) is 2.26. The molecule has 84 valence electrons. The van der Waals surface area contributed by atoms with Gasteiger partial charge in [-0.05, 0) is 13.3 Å². The highest BCUT2D eigenvalue weighted by molar-refractivity contribution is 5.40. The van der Waals surface area contributed by atoms with Crippen LogP contribution in [-0.2, 0) is 0 Å². The zero-order valence-corrected chi connectivity index (χ0v) is 9.18. The lowest BCUT2D eigenvalue weighted by Crippen LogP contribution is -2.09. The second kappa shape index (κ2) is 6.16. The standard InChI is InChI=1S/C10H17FN4/c1-3-5-6-13-9-8(11)7-14-10(15-9)12-4-2/h7H,3-6H2,1-2H3,(H2,12,13,14,15). The highest BCUT2D eigenvalue weighted by Gasteiger charge is 2.04. The van der Waals surface area contributed by atoms with Crippen LogP contribution in [0.5, 0.6) is 0 Å². The molecule has 0 aliphatic carbocycles. The van der Waals surface area contributed by atoms with Crippen molar-refractivity contribution in [3.05, 3.63) is 12.0 Å². The molecule has 5 heteroatoms. The van der Waals surface area contributed by atoms with Crippen molar-refractivity contribution in [1.82, 2.24) is 9.97 Å². The Hall–Kier alpha value is -1.39. The first-order valence-electron chi connectivity index (χ1n) is 5.28. The Bertz CT molecular complexity index is 303. The van der Waals surface area contributed by atoms with Crippen molar-refractivity contribution in [3.63, 3.8) is 0 Å². The van der Waals surface area contributed by atoms with E-state index in [0.717, 1.165) is 25.9 Å². The summed E-state index contributed by atoms with van der Waals surface area (Å²) >= 11 is 0. The monoisotopic (exact) mass is 212 g/mol. The molecule has 0 aromatic carbocycles. The van der Waals surface area contributed by atoms with Gasteiger partial charge in [0.25, 0.3) is 0 Å². The molecule has 0 fully saturated rings. The van der Waals surface area contributed by atoms with Crippen LogP contribution in [0.3, 0.4) is 0 Å². The molecular formula is C10H17FN4. The van der Waals surface area contributed by atoms with Crippen LogP contribution in [0, 0.1) is 5.82 Å². The van der Waals surface area contributed by atoms with Gasteiger partial charge in [-0.3, -0.25) is 0 Å². The fourth-order valence-electron chi connectivity index (χ4n) is 1.12. The Morgan fingerprint density at radius 2 is 2.13 bits per heavy atom. The Morgan fingerprint density at radius 1 is 1.33 bits per heavy atom. The molecule has 4 nitrogen and oxygen atoms in total. The van der Waals surface area contributed by atoms with Gasteiger partial charge in [0.15, 0.2) is 11.6 Å². The van der Waals surface area contributed by atoms with E-state index in [1.165, 1.54) is 6.20 Å². The second-order valence-electron chi connectivity index (χ2n) is 3.20. The van der Waals surface area contributed by atoms with Crippen molar-refractivity contribution in [2.75, 3.05) is 23.7 Å². The minimum atomic E-state index is -0.409. The van der Waals surface area contributed by atoms with E-state index in [0.29, 0.717) is 5.95 Å². The Balaban J connectivity index is 2.63. The molecule has 1 rings (SSSR count). The van der Waals surface area contributed by atoms with Gasteiger partial charge in [0.05, 0.1) is 6.20 Å². The number of hydrogen-bond donors (Lipinski definition) is 2. The topological polar surface area (TPSA) is 49.8 Å². The van der Waals surface area contributed by atoms with Crippen molar-refractivity contribution in [3.8, 4) is 0 Å². The van der Waals surface area contributed by atoms with Crippen LogP contribution < -0.4 is 10.6 Å². The lowest BCUT2D eigenvalue weighted by Gasteiger charge is -2.07. The number of halogens is 1. The summed E-state index contributed by atoms with van der Waals surface area (Å²) in [7, 11) is 0. The van der Waals surface area contributed by atoms with Crippen LogP contribution >= 0.6 is 0 Å². The van der Waals surface area contributed by atoms with Gasteiger partial charge in [-0.15, -0.1) is 0 Å². The second-order valence-corrected chi connectivity index (χ2v) is 3.20. The van der Waals surface area contributed by atoms with E-state index < -0.39 is 5.82 Å². The molecule has 0 amide bonds. The first kappa shape index (κ1) is 11.7. The summed E-state index contributed by atoms with van der Waals surface area (Å²) in [6.07, 6.45) is 3.25. The van der Waals surface area contributed by atoms with Gasteiger partial charge in [0.2, 0.25) is 5.95 Å². The predicted molar refractivity (Wildman–Crippen MR) is 59.6 cm³/mol. The summed E-state index contributed by atoms with van der Waals surface area (Å²) in [5.41, 5.74) is 0. The van der Waals surface area contributed by atoms with E-state index in [1.807, 2.05) is 6.92 Å². The van der Waals surface area contributed by atoms with Gasteiger partial charge in [0.1, 0.15) is 0 Å². The Labute approximate surface area is 89.3 Å². The summed E-state index contributed by atoms with van der Waals surface area (Å²) in [6, 6.07) is 0. The summed E-state index contributed by atoms with van der Waals surface area (Å²) in [6.45, 7) is 5.48. The summed E-state index contributed by atoms with van der Waals surface area (Å²) < 4.78 is 13.2. The van der Waals surface area contributed by atoms with Crippen molar-refractivity contribution in [2.24, 2.45) is 0 Å². The van der Waals surface area contributed by atoms with E-state index in [4.69, 9.17) is 0 Å². The minimum Gasteiger partial charge on any atom is -0.367 e. The van der Waals surface area contributed by atoms with Crippen LogP contribution in [-0.4, -0.2) is 23.1 Å². The maximum absolute atomic E-state index is 13.2. The quantitative estimate of drug-likeness (QED) is 0.710. The van der Waals surface area contributed by atoms with E-state index >= 15 is 0 Å². The number of anilines is 2. The van der Waals surface area contributed by atoms with Crippen LogP contribution in [0.2, 0.25) is 0 Å². The fraction of sp³-hybridized carbons (Fsp3) is 0.600. The maximum atomic E-state index is 13.2. The zero-order chi connectivity index (χ0) is 11.1. The molecule has 0 unspecified atom stereocenters. The van der Waals surface area contributed by atoms with E-state index in [1.54, 1.807) is 0 Å². The summed E-state index contributed by atoms with van der Waals surface area (Å²) in [4.78, 5) is 7.85. The summed E-state index contributed by atoms with van der Waals surface area (Å²) in [5.74, 6) is 0.319. The maximum Gasteiger partial charge on any atom is 0.224 e. The molecule has 2 N–H and O–H groups in total. The molecule has 0 saturated carbocycles. The van der Waals surface area contributed by atoms with Gasteiger partial charge in [0, 0.05) is 13.1 Å². The Morgan fingerprint density at radius 3 is 2.80 bits per heavy atom. The third-order valence-corrected chi connectivity index (χ3v) is 1.90. The zero-order valence-electron chi connectivity index (χ0n) is 9.18. The van der Waals surface area contributed by atoms with Crippen LogP contribution in [0.1, 0.15) is 26.7 Å². The lowest BCUT2D eigenvalue weighted by atomic mass is 10.3. The minimum absolute atomic E-state index is 0.273. The Kier molecular flexibility index (Phi) is 4.80. The van der Waals surface area contributed by atoms with Crippen molar-refractivity contribution in [1.29, 1.82) is 0 Å². The van der Waals surface area contributed by atoms with Gasteiger partial charge < -0.3 is 10.6 Å². The normalized spacial score (nSPS) is 10.1. The van der Waals surface area contributed by atoms with E-state index in [9.17, 15) is 4.39 Å². The molecule has 0 spiro atoms. The molecule has 1 heterocycles. The number of unbranched alkanes of at least 4 members (excludes halogenated alkanes) is 1. The van der Waals surface area contributed by atoms with E-state index in [2.05, 4.69) is 27.5 Å². The molecule has 0 atom stereocenters. The molecule has 0 aliphatic heterocycles. The average molecular weight is 212 g/mol. The largest absolute Gasteiger partial charge is 0.367 e. The molecule has 0 bridgehead atoms. The van der Waals surface area contributed by atoms with Gasteiger partial charge >= 0.3 is 0 Å². The fourth-order valence-corrected chi connectivity index (χ4v) is 1.12. The highest BCUT2D eigenvalue weighted by atomic mass is 19.1. The molecular weight excluding hydrogens is 195 g/mol. The van der Waals surface area contributed by atoms with E-state index in [-0.39, 0.29) is 5.82 Å². The summed E-state index contributed by atoms with van der Waals surface area (Å²) in [5, 5.41) is 5.88. The lowest BCUT2D eigenvalue weighted by molar-refractivity contribution is 0.616. The number of nitrogens with one attached hydrogen (secondary N) is 2. The van der Waals surface area contributed by atoms with Gasteiger partial charge in [-0.2, -0.15) is 4.98 Å². The van der Waals surface area contributed by atoms with Crippen molar-refractivity contribution < 1.29 is 4.39 Å². The molecule has 0 radical (unpaired) electrons. The van der Waals surface area contributed by atoms with Gasteiger partial charge in [-0.25, -0.2) is 9.37 Å². The number of rotatable bonds is 6. The van der Waals surface area contributed by atoms with Crippen molar-refractivity contribution in [2.45, 2.75) is 26.7 Å². The molecule has 1 aromatic rings. The molecule has 15 heavy (non-hydrogen) atoms. The molecule has 1 aromatic heterocycles. The van der Waals surface area contributed by atoms with Crippen LogP contribution in [0.25, 0.3) is 0 Å². The third-order valence-electron chi connectivity index (χ3n) is 1.90.